The minimum atomic E-state index is -2.47. The number of hydrogen-bond acceptors (Lipinski definition) is 4. The second-order valence-corrected chi connectivity index (χ2v) is 8.83. The normalized spacial score (nSPS) is 26.8. The first-order chi connectivity index (χ1) is 14.4. The van der Waals surface area contributed by atoms with Crippen LogP contribution in [-0.2, 0) is 9.59 Å². The van der Waals surface area contributed by atoms with E-state index in [-0.39, 0.29) is 23.8 Å². The number of piperidine rings is 1. The number of amides is 2. The number of fused-ring (bicyclic) bond motifs is 1. The number of anilines is 1. The molecule has 1 aromatic rings. The quantitative estimate of drug-likeness (QED) is 0.764. The molecule has 2 saturated heterocycles. The van der Waals surface area contributed by atoms with Crippen molar-refractivity contribution in [1.82, 2.24) is 19.6 Å². The van der Waals surface area contributed by atoms with Crippen LogP contribution in [0.1, 0.15) is 56.7 Å². The number of likely N-dealkylation sites (tertiary alicyclic amines) is 2. The van der Waals surface area contributed by atoms with Crippen molar-refractivity contribution < 1.29 is 18.4 Å². The van der Waals surface area contributed by atoms with Gasteiger partial charge in [-0.1, -0.05) is 0 Å². The molecule has 0 radical (unpaired) electrons. The van der Waals surface area contributed by atoms with Crippen LogP contribution in [0.2, 0.25) is 0 Å². The fourth-order valence-electron chi connectivity index (χ4n) is 5.09. The molecule has 4 heterocycles. The van der Waals surface area contributed by atoms with Crippen molar-refractivity contribution in [1.29, 1.82) is 0 Å². The fourth-order valence-corrected chi connectivity index (χ4v) is 5.09. The van der Waals surface area contributed by atoms with Crippen LogP contribution in [0.4, 0.5) is 14.6 Å². The second kappa shape index (κ2) is 8.89. The number of aromatic nitrogens is 2. The van der Waals surface area contributed by atoms with Crippen LogP contribution in [-0.4, -0.2) is 70.0 Å². The molecule has 166 valence electrons. The lowest BCUT2D eigenvalue weighted by Gasteiger charge is -2.41. The van der Waals surface area contributed by atoms with E-state index in [9.17, 15) is 18.4 Å². The molecule has 1 N–H and O–H groups in total. The maximum Gasteiger partial charge on any atom is 0.260 e. The van der Waals surface area contributed by atoms with E-state index in [4.69, 9.17) is 0 Å². The Morgan fingerprint density at radius 2 is 2.17 bits per heavy atom. The van der Waals surface area contributed by atoms with Crippen LogP contribution in [0.15, 0.2) is 6.07 Å². The first kappa shape index (κ1) is 21.1. The molecule has 7 nitrogen and oxygen atoms in total. The van der Waals surface area contributed by atoms with Crippen LogP contribution in [0.5, 0.6) is 0 Å². The van der Waals surface area contributed by atoms with Gasteiger partial charge in [-0.25, -0.2) is 13.5 Å². The van der Waals surface area contributed by atoms with Gasteiger partial charge in [0, 0.05) is 51.1 Å². The molecular formula is C21H31F2N5O2. The van der Waals surface area contributed by atoms with E-state index in [1.807, 2.05) is 15.9 Å². The third kappa shape index (κ3) is 4.44. The zero-order valence-corrected chi connectivity index (χ0v) is 17.5. The standard InChI is InChI=1S/C21H31F2N5O2/c1-14-11-18-24-16(12-17(21(22)23)28(18)25-14)15-5-2-10-27(13-15)20(30)7-4-9-26-8-3-6-19(26)29/h11,15-17,21,24H,2-10,12-13H2,1H3/t15-,16-,17+/m0/s1. The third-order valence-corrected chi connectivity index (χ3v) is 6.66. The molecule has 4 rings (SSSR count). The van der Waals surface area contributed by atoms with Crippen LogP contribution in [0.3, 0.4) is 0 Å². The molecule has 0 aliphatic carbocycles. The summed E-state index contributed by atoms with van der Waals surface area (Å²) in [5, 5.41) is 7.63. The van der Waals surface area contributed by atoms with Gasteiger partial charge in [-0.05, 0) is 44.9 Å². The SMILES string of the molecule is Cc1cc2n(n1)[C@@H](C(F)F)C[C@@H]([C@H]1CCCN(C(=O)CCCN3CCCC3=O)C1)N2. The molecule has 2 amide bonds. The monoisotopic (exact) mass is 423 g/mol. The van der Waals surface area contributed by atoms with Crippen molar-refractivity contribution in [3.05, 3.63) is 11.8 Å². The molecule has 0 saturated carbocycles. The highest BCUT2D eigenvalue weighted by Crippen LogP contribution is 2.36. The number of aryl methyl sites for hydroxylation is 1. The summed E-state index contributed by atoms with van der Waals surface area (Å²) in [6.07, 6.45) is 2.29. The van der Waals surface area contributed by atoms with E-state index < -0.39 is 12.5 Å². The Morgan fingerprint density at radius 1 is 1.33 bits per heavy atom. The van der Waals surface area contributed by atoms with E-state index in [0.29, 0.717) is 44.6 Å². The molecule has 30 heavy (non-hydrogen) atoms. The number of carbonyl (C=O) groups is 2. The smallest absolute Gasteiger partial charge is 0.260 e. The van der Waals surface area contributed by atoms with E-state index in [2.05, 4.69) is 10.4 Å². The zero-order chi connectivity index (χ0) is 21.3. The van der Waals surface area contributed by atoms with Gasteiger partial charge in [0.2, 0.25) is 11.8 Å². The molecule has 1 aromatic heterocycles. The number of nitrogens with one attached hydrogen (secondary N) is 1. The number of rotatable bonds is 6. The minimum absolute atomic E-state index is 0.0922. The average molecular weight is 424 g/mol. The number of hydrogen-bond donors (Lipinski definition) is 1. The van der Waals surface area contributed by atoms with Crippen molar-refractivity contribution in [3.8, 4) is 0 Å². The number of nitrogens with zero attached hydrogens (tertiary/aromatic N) is 4. The van der Waals surface area contributed by atoms with Gasteiger partial charge in [-0.15, -0.1) is 0 Å². The van der Waals surface area contributed by atoms with Crippen molar-refractivity contribution in [2.24, 2.45) is 5.92 Å². The Hall–Kier alpha value is -2.19. The van der Waals surface area contributed by atoms with Crippen molar-refractivity contribution in [2.75, 3.05) is 31.5 Å². The Kier molecular flexibility index (Phi) is 6.24. The van der Waals surface area contributed by atoms with Crippen molar-refractivity contribution >= 4 is 17.6 Å². The maximum absolute atomic E-state index is 13.7. The predicted octanol–water partition coefficient (Wildman–Crippen LogP) is 2.82. The predicted molar refractivity (Wildman–Crippen MR) is 108 cm³/mol. The summed E-state index contributed by atoms with van der Waals surface area (Å²) in [5.74, 6) is 1.08. The third-order valence-electron chi connectivity index (χ3n) is 6.66. The van der Waals surface area contributed by atoms with Gasteiger partial charge in [-0.3, -0.25) is 9.59 Å². The molecule has 9 heteroatoms. The largest absolute Gasteiger partial charge is 0.367 e. The number of halogens is 2. The lowest BCUT2D eigenvalue weighted by molar-refractivity contribution is -0.134. The van der Waals surface area contributed by atoms with Gasteiger partial charge in [0.25, 0.3) is 6.43 Å². The molecule has 3 aliphatic rings. The summed E-state index contributed by atoms with van der Waals surface area (Å²) in [7, 11) is 0. The highest BCUT2D eigenvalue weighted by molar-refractivity contribution is 5.78. The molecule has 0 bridgehead atoms. The van der Waals surface area contributed by atoms with E-state index in [1.54, 1.807) is 6.92 Å². The summed E-state index contributed by atoms with van der Waals surface area (Å²) in [6, 6.07) is 0.793. The summed E-state index contributed by atoms with van der Waals surface area (Å²) >= 11 is 0. The Morgan fingerprint density at radius 3 is 2.90 bits per heavy atom. The summed E-state index contributed by atoms with van der Waals surface area (Å²) in [4.78, 5) is 28.1. The summed E-state index contributed by atoms with van der Waals surface area (Å²) < 4.78 is 28.8. The molecular weight excluding hydrogens is 392 g/mol. The van der Waals surface area contributed by atoms with Crippen molar-refractivity contribution in [2.45, 2.75) is 70.4 Å². The summed E-state index contributed by atoms with van der Waals surface area (Å²) in [5.41, 5.74) is 0.723. The van der Waals surface area contributed by atoms with Gasteiger partial charge >= 0.3 is 0 Å². The van der Waals surface area contributed by atoms with Crippen molar-refractivity contribution in [3.63, 3.8) is 0 Å². The van der Waals surface area contributed by atoms with Gasteiger partial charge in [-0.2, -0.15) is 5.10 Å². The highest BCUT2D eigenvalue weighted by atomic mass is 19.3. The molecule has 0 spiro atoms. The second-order valence-electron chi connectivity index (χ2n) is 8.83. The van der Waals surface area contributed by atoms with Crippen LogP contribution >= 0.6 is 0 Å². The fraction of sp³-hybridized carbons (Fsp3) is 0.762. The van der Waals surface area contributed by atoms with Crippen LogP contribution in [0.25, 0.3) is 0 Å². The van der Waals surface area contributed by atoms with E-state index >= 15 is 0 Å². The molecule has 3 atom stereocenters. The minimum Gasteiger partial charge on any atom is -0.367 e. The lowest BCUT2D eigenvalue weighted by atomic mass is 9.86. The molecule has 3 aliphatic heterocycles. The van der Waals surface area contributed by atoms with Crippen LogP contribution < -0.4 is 5.32 Å². The average Bonchev–Trinajstić information content (AvgIpc) is 3.31. The lowest BCUT2D eigenvalue weighted by Crippen LogP contribution is -2.48. The Labute approximate surface area is 175 Å². The van der Waals surface area contributed by atoms with Crippen LogP contribution in [0, 0.1) is 12.8 Å². The summed E-state index contributed by atoms with van der Waals surface area (Å²) in [6.45, 7) is 4.57. The molecule has 0 unspecified atom stereocenters. The van der Waals surface area contributed by atoms with E-state index in [1.165, 1.54) is 4.68 Å². The van der Waals surface area contributed by atoms with E-state index in [0.717, 1.165) is 38.0 Å². The Balaban J connectivity index is 1.33. The number of carbonyl (C=O) groups excluding carboxylic acids is 2. The molecule has 0 aromatic carbocycles. The highest BCUT2D eigenvalue weighted by Gasteiger charge is 2.38. The first-order valence-electron chi connectivity index (χ1n) is 11.1. The van der Waals surface area contributed by atoms with Gasteiger partial charge < -0.3 is 15.1 Å². The maximum atomic E-state index is 13.7. The van der Waals surface area contributed by atoms with Gasteiger partial charge in [0.15, 0.2) is 0 Å². The van der Waals surface area contributed by atoms with Gasteiger partial charge in [0.1, 0.15) is 11.9 Å². The molecule has 2 fully saturated rings. The number of alkyl halides is 2. The topological polar surface area (TPSA) is 70.5 Å². The zero-order valence-electron chi connectivity index (χ0n) is 17.5. The van der Waals surface area contributed by atoms with Gasteiger partial charge in [0.05, 0.1) is 5.69 Å². The first-order valence-corrected chi connectivity index (χ1v) is 11.1. The Bertz CT molecular complexity index is 783.